The van der Waals surface area contributed by atoms with Crippen molar-refractivity contribution < 1.29 is 14.4 Å². The highest BCUT2D eigenvalue weighted by molar-refractivity contribution is 6.06. The van der Waals surface area contributed by atoms with Crippen molar-refractivity contribution in [2.45, 2.75) is 6.42 Å². The molecular formula is C20H19N3O3. The van der Waals surface area contributed by atoms with Crippen LogP contribution in [0.5, 0.6) is 0 Å². The second kappa shape index (κ2) is 5.56. The van der Waals surface area contributed by atoms with E-state index in [9.17, 15) is 14.4 Å². The van der Waals surface area contributed by atoms with Crippen molar-refractivity contribution in [2.24, 2.45) is 23.7 Å². The number of para-hydroxylation sites is 1. The topological polar surface area (TPSA) is 82.3 Å². The van der Waals surface area contributed by atoms with Gasteiger partial charge in [0.1, 0.15) is 5.69 Å². The molecule has 0 spiro atoms. The van der Waals surface area contributed by atoms with Gasteiger partial charge in [-0.1, -0.05) is 30.4 Å². The van der Waals surface area contributed by atoms with Crippen molar-refractivity contribution >= 4 is 28.6 Å². The third kappa shape index (κ3) is 2.14. The number of likely N-dealkylation sites (tertiary alicyclic amines) is 1. The lowest BCUT2D eigenvalue weighted by molar-refractivity contribution is -0.140. The van der Waals surface area contributed by atoms with Crippen LogP contribution in [-0.4, -0.2) is 40.7 Å². The van der Waals surface area contributed by atoms with Crippen molar-refractivity contribution in [1.82, 2.24) is 15.2 Å². The standard InChI is InChI=1S/C20H19N3O3/c24-18(15-10-11-3-1-2-4-14(11)22-15)21-7-8-23-19(25)16-12-5-6-13(9-12)17(16)20(23)26/h1-6,10,12-13,16-17,22H,7-9H2,(H,21,24)/t12-,13-,16+,17+/m0/s1. The molecule has 2 N–H and O–H groups in total. The molecule has 0 unspecified atom stereocenters. The number of aromatic amines is 1. The van der Waals surface area contributed by atoms with Gasteiger partial charge in [-0.3, -0.25) is 19.3 Å². The highest BCUT2D eigenvalue weighted by Gasteiger charge is 2.58. The van der Waals surface area contributed by atoms with Gasteiger partial charge in [0.05, 0.1) is 11.8 Å². The van der Waals surface area contributed by atoms with Gasteiger partial charge in [-0.25, -0.2) is 0 Å². The second-order valence-electron chi connectivity index (χ2n) is 7.35. The summed E-state index contributed by atoms with van der Waals surface area (Å²) in [5, 5.41) is 3.77. The maximum Gasteiger partial charge on any atom is 0.267 e. The molecule has 1 aromatic heterocycles. The first kappa shape index (κ1) is 15.4. The third-order valence-corrected chi connectivity index (χ3v) is 5.96. The fraction of sp³-hybridized carbons (Fsp3) is 0.350. The summed E-state index contributed by atoms with van der Waals surface area (Å²) in [6, 6.07) is 9.47. The Hall–Kier alpha value is -2.89. The molecule has 2 aromatic rings. The van der Waals surface area contributed by atoms with E-state index in [0.717, 1.165) is 17.3 Å². The van der Waals surface area contributed by atoms with E-state index in [4.69, 9.17) is 0 Å². The summed E-state index contributed by atoms with van der Waals surface area (Å²) in [7, 11) is 0. The van der Waals surface area contributed by atoms with Gasteiger partial charge in [0.25, 0.3) is 5.91 Å². The van der Waals surface area contributed by atoms with Gasteiger partial charge in [-0.15, -0.1) is 0 Å². The molecule has 5 rings (SSSR count). The summed E-state index contributed by atoms with van der Waals surface area (Å²) >= 11 is 0. The molecule has 6 heteroatoms. The minimum absolute atomic E-state index is 0.0725. The summed E-state index contributed by atoms with van der Waals surface area (Å²) < 4.78 is 0. The summed E-state index contributed by atoms with van der Waals surface area (Å²) in [4.78, 5) is 41.9. The quantitative estimate of drug-likeness (QED) is 0.651. The number of amides is 3. The molecular weight excluding hydrogens is 330 g/mol. The molecule has 1 aliphatic heterocycles. The molecule has 6 nitrogen and oxygen atoms in total. The number of benzene rings is 1. The number of nitrogens with zero attached hydrogens (tertiary/aromatic N) is 1. The van der Waals surface area contributed by atoms with Crippen molar-refractivity contribution in [3.05, 3.63) is 48.2 Å². The maximum atomic E-state index is 12.6. The first-order chi connectivity index (χ1) is 12.6. The predicted molar refractivity (Wildman–Crippen MR) is 95.1 cm³/mol. The van der Waals surface area contributed by atoms with Crippen LogP contribution in [0.2, 0.25) is 0 Å². The smallest absolute Gasteiger partial charge is 0.267 e. The zero-order valence-corrected chi connectivity index (χ0v) is 14.1. The number of hydrogen-bond donors (Lipinski definition) is 2. The summed E-state index contributed by atoms with van der Waals surface area (Å²) in [6.07, 6.45) is 5.09. The van der Waals surface area contributed by atoms with Gasteiger partial charge in [0, 0.05) is 24.0 Å². The van der Waals surface area contributed by atoms with Crippen molar-refractivity contribution in [3.63, 3.8) is 0 Å². The fourth-order valence-corrected chi connectivity index (χ4v) is 4.76. The zero-order valence-electron chi connectivity index (χ0n) is 14.1. The van der Waals surface area contributed by atoms with Crippen LogP contribution in [0.25, 0.3) is 10.9 Å². The lowest BCUT2D eigenvalue weighted by Crippen LogP contribution is -2.39. The SMILES string of the molecule is O=C(NCCN1C(=O)[C@H]2[C@H](C1=O)[C@H]1C=C[C@H]2C1)c1cc2ccccc2[nH]1. The van der Waals surface area contributed by atoms with Crippen molar-refractivity contribution in [3.8, 4) is 0 Å². The van der Waals surface area contributed by atoms with E-state index in [-0.39, 0.29) is 54.5 Å². The molecule has 1 saturated carbocycles. The van der Waals surface area contributed by atoms with Crippen LogP contribution in [0.15, 0.2) is 42.5 Å². The largest absolute Gasteiger partial charge is 0.351 e. The molecule has 3 aliphatic rings. The number of imide groups is 1. The van der Waals surface area contributed by atoms with Crippen LogP contribution >= 0.6 is 0 Å². The predicted octanol–water partition coefficient (Wildman–Crippen LogP) is 1.70. The van der Waals surface area contributed by atoms with Crippen LogP contribution in [0.1, 0.15) is 16.9 Å². The molecule has 3 amide bonds. The Kier molecular flexibility index (Phi) is 3.29. The van der Waals surface area contributed by atoms with E-state index in [1.165, 1.54) is 4.90 Å². The molecule has 132 valence electrons. The maximum absolute atomic E-state index is 12.6. The van der Waals surface area contributed by atoms with E-state index in [1.54, 1.807) is 6.07 Å². The summed E-state index contributed by atoms with van der Waals surface area (Å²) in [5.41, 5.74) is 1.38. The Morgan fingerprint density at radius 2 is 1.81 bits per heavy atom. The Morgan fingerprint density at radius 3 is 2.50 bits per heavy atom. The lowest BCUT2D eigenvalue weighted by atomic mass is 9.85. The number of H-pyrrole nitrogens is 1. The summed E-state index contributed by atoms with van der Waals surface area (Å²) in [6.45, 7) is 0.490. The first-order valence-corrected chi connectivity index (χ1v) is 9.03. The zero-order chi connectivity index (χ0) is 17.8. The average molecular weight is 349 g/mol. The molecule has 1 aromatic carbocycles. The number of aromatic nitrogens is 1. The third-order valence-electron chi connectivity index (χ3n) is 5.96. The van der Waals surface area contributed by atoms with Crippen LogP contribution in [0, 0.1) is 23.7 Å². The highest BCUT2D eigenvalue weighted by atomic mass is 16.2. The van der Waals surface area contributed by atoms with Gasteiger partial charge in [-0.05, 0) is 30.4 Å². The molecule has 2 heterocycles. The number of rotatable bonds is 4. The lowest BCUT2D eigenvalue weighted by Gasteiger charge is -2.17. The monoisotopic (exact) mass is 349 g/mol. The number of fused-ring (bicyclic) bond motifs is 6. The van der Waals surface area contributed by atoms with Crippen LogP contribution in [0.4, 0.5) is 0 Å². The minimum atomic E-state index is -0.234. The van der Waals surface area contributed by atoms with E-state index < -0.39 is 0 Å². The van der Waals surface area contributed by atoms with Gasteiger partial charge in [0.2, 0.25) is 11.8 Å². The Morgan fingerprint density at radius 1 is 1.12 bits per heavy atom. The van der Waals surface area contributed by atoms with Gasteiger partial charge >= 0.3 is 0 Å². The van der Waals surface area contributed by atoms with Gasteiger partial charge in [0.15, 0.2) is 0 Å². The minimum Gasteiger partial charge on any atom is -0.351 e. The molecule has 4 atom stereocenters. The summed E-state index contributed by atoms with van der Waals surface area (Å²) in [5.74, 6) is -0.306. The van der Waals surface area contributed by atoms with E-state index >= 15 is 0 Å². The second-order valence-corrected chi connectivity index (χ2v) is 7.35. The Labute approximate surface area is 150 Å². The number of allylic oxidation sites excluding steroid dienone is 2. The molecule has 2 bridgehead atoms. The van der Waals surface area contributed by atoms with Crippen LogP contribution in [-0.2, 0) is 9.59 Å². The van der Waals surface area contributed by atoms with Crippen LogP contribution < -0.4 is 5.32 Å². The number of hydrogen-bond acceptors (Lipinski definition) is 3. The van der Waals surface area contributed by atoms with E-state index in [1.807, 2.05) is 24.3 Å². The van der Waals surface area contributed by atoms with Crippen molar-refractivity contribution in [2.75, 3.05) is 13.1 Å². The molecule has 1 saturated heterocycles. The van der Waals surface area contributed by atoms with Crippen LogP contribution in [0.3, 0.4) is 0 Å². The molecule has 0 radical (unpaired) electrons. The normalized spacial score (nSPS) is 29.0. The molecule has 26 heavy (non-hydrogen) atoms. The number of nitrogens with one attached hydrogen (secondary N) is 2. The highest BCUT2D eigenvalue weighted by Crippen LogP contribution is 2.52. The fourth-order valence-electron chi connectivity index (χ4n) is 4.76. The number of carbonyl (C=O) groups is 3. The van der Waals surface area contributed by atoms with E-state index in [0.29, 0.717) is 5.69 Å². The molecule has 2 aliphatic carbocycles. The van der Waals surface area contributed by atoms with Gasteiger partial charge in [-0.2, -0.15) is 0 Å². The Bertz CT molecular complexity index is 897. The first-order valence-electron chi connectivity index (χ1n) is 9.03. The average Bonchev–Trinajstić information content (AvgIpc) is 3.40. The van der Waals surface area contributed by atoms with Gasteiger partial charge < -0.3 is 10.3 Å². The van der Waals surface area contributed by atoms with Crippen molar-refractivity contribution in [1.29, 1.82) is 0 Å². The number of carbonyl (C=O) groups excluding carboxylic acids is 3. The molecule has 2 fully saturated rings. The van der Waals surface area contributed by atoms with E-state index in [2.05, 4.69) is 22.5 Å². The Balaban J connectivity index is 1.22.